The summed E-state index contributed by atoms with van der Waals surface area (Å²) < 4.78 is 7.36. The minimum atomic E-state index is -0.0618. The largest absolute Gasteiger partial charge is 0.376 e. The molecular formula is C16H19N3O2. The van der Waals surface area contributed by atoms with Crippen molar-refractivity contribution in [2.75, 3.05) is 13.2 Å². The molecule has 1 atom stereocenters. The predicted molar refractivity (Wildman–Crippen MR) is 80.0 cm³/mol. The maximum absolute atomic E-state index is 12.3. The molecule has 21 heavy (non-hydrogen) atoms. The summed E-state index contributed by atoms with van der Waals surface area (Å²) in [5, 5.41) is 2.95. The number of rotatable bonds is 4. The molecule has 0 aromatic carbocycles. The molecule has 5 nitrogen and oxygen atoms in total. The average molecular weight is 285 g/mol. The van der Waals surface area contributed by atoms with Gasteiger partial charge in [0.05, 0.1) is 6.10 Å². The van der Waals surface area contributed by atoms with Gasteiger partial charge in [-0.05, 0) is 36.6 Å². The normalized spacial score (nSPS) is 17.9. The number of nitrogens with zero attached hydrogens (tertiary/aromatic N) is 2. The summed E-state index contributed by atoms with van der Waals surface area (Å²) in [6.07, 6.45) is 7.72. The minimum absolute atomic E-state index is 0.0618. The van der Waals surface area contributed by atoms with E-state index in [9.17, 15) is 4.79 Å². The second-order valence-corrected chi connectivity index (χ2v) is 5.31. The molecule has 1 aliphatic rings. The van der Waals surface area contributed by atoms with Gasteiger partial charge in [-0.1, -0.05) is 0 Å². The Morgan fingerprint density at radius 2 is 2.24 bits per heavy atom. The Labute approximate surface area is 124 Å². The van der Waals surface area contributed by atoms with Gasteiger partial charge in [0.15, 0.2) is 0 Å². The average Bonchev–Trinajstić information content (AvgIpc) is 3.15. The fourth-order valence-corrected chi connectivity index (χ4v) is 2.59. The van der Waals surface area contributed by atoms with Gasteiger partial charge in [0.1, 0.15) is 5.69 Å². The number of aryl methyl sites for hydroxylation is 1. The van der Waals surface area contributed by atoms with E-state index in [-0.39, 0.29) is 12.0 Å². The minimum Gasteiger partial charge on any atom is -0.376 e. The molecule has 5 heteroatoms. The number of pyridine rings is 1. The third-order valence-corrected chi connectivity index (χ3v) is 3.77. The Kier molecular flexibility index (Phi) is 4.01. The number of aromatic nitrogens is 2. The molecule has 0 aliphatic carbocycles. The molecule has 110 valence electrons. The molecule has 3 rings (SSSR count). The lowest BCUT2D eigenvalue weighted by atomic mass is 10.1. The molecule has 1 aliphatic heterocycles. The van der Waals surface area contributed by atoms with Crippen LogP contribution in [0.25, 0.3) is 11.1 Å². The van der Waals surface area contributed by atoms with Crippen molar-refractivity contribution in [3.8, 4) is 11.1 Å². The van der Waals surface area contributed by atoms with Gasteiger partial charge in [-0.3, -0.25) is 9.78 Å². The molecule has 0 unspecified atom stereocenters. The van der Waals surface area contributed by atoms with Crippen LogP contribution < -0.4 is 5.32 Å². The van der Waals surface area contributed by atoms with Crippen molar-refractivity contribution < 1.29 is 9.53 Å². The Bertz CT molecular complexity index is 616. The second kappa shape index (κ2) is 6.10. The zero-order chi connectivity index (χ0) is 14.7. The number of hydrogen-bond donors (Lipinski definition) is 1. The van der Waals surface area contributed by atoms with Gasteiger partial charge in [0.25, 0.3) is 5.91 Å². The lowest BCUT2D eigenvalue weighted by Gasteiger charge is -2.10. The SMILES string of the molecule is Cn1cc(-c2ccncc2)cc1C(=O)NC[C@H]1CCCO1. The zero-order valence-electron chi connectivity index (χ0n) is 12.1. The first-order valence-corrected chi connectivity index (χ1v) is 7.20. The molecule has 1 fully saturated rings. The van der Waals surface area contributed by atoms with E-state index in [0.29, 0.717) is 12.2 Å². The van der Waals surface area contributed by atoms with E-state index in [1.807, 2.05) is 36.0 Å². The summed E-state index contributed by atoms with van der Waals surface area (Å²) >= 11 is 0. The number of carbonyl (C=O) groups excluding carboxylic acids is 1. The van der Waals surface area contributed by atoms with Gasteiger partial charge in [-0.25, -0.2) is 0 Å². The van der Waals surface area contributed by atoms with Crippen molar-refractivity contribution in [2.45, 2.75) is 18.9 Å². The molecule has 0 spiro atoms. The van der Waals surface area contributed by atoms with Gasteiger partial charge in [-0.15, -0.1) is 0 Å². The summed E-state index contributed by atoms with van der Waals surface area (Å²) in [4.78, 5) is 16.3. The molecule has 1 saturated heterocycles. The highest BCUT2D eigenvalue weighted by Crippen LogP contribution is 2.21. The van der Waals surface area contributed by atoms with Crippen LogP contribution in [-0.4, -0.2) is 34.7 Å². The molecular weight excluding hydrogens is 266 g/mol. The van der Waals surface area contributed by atoms with Crippen LogP contribution in [0.2, 0.25) is 0 Å². The number of hydrogen-bond acceptors (Lipinski definition) is 3. The van der Waals surface area contributed by atoms with Crippen LogP contribution in [-0.2, 0) is 11.8 Å². The van der Waals surface area contributed by atoms with Crippen LogP contribution in [0.1, 0.15) is 23.3 Å². The third-order valence-electron chi connectivity index (χ3n) is 3.77. The van der Waals surface area contributed by atoms with Crippen molar-refractivity contribution >= 4 is 5.91 Å². The summed E-state index contributed by atoms with van der Waals surface area (Å²) in [6, 6.07) is 5.77. The standard InChI is InChI=1S/C16H19N3O2/c1-19-11-13(12-4-6-17-7-5-12)9-15(19)16(20)18-10-14-3-2-8-21-14/h4-7,9,11,14H,2-3,8,10H2,1H3,(H,18,20)/t14-/m1/s1. The second-order valence-electron chi connectivity index (χ2n) is 5.31. The molecule has 0 saturated carbocycles. The van der Waals surface area contributed by atoms with Crippen molar-refractivity contribution in [3.63, 3.8) is 0 Å². The highest BCUT2D eigenvalue weighted by molar-refractivity contribution is 5.94. The van der Waals surface area contributed by atoms with Crippen LogP contribution >= 0.6 is 0 Å². The maximum Gasteiger partial charge on any atom is 0.268 e. The van der Waals surface area contributed by atoms with E-state index in [2.05, 4.69) is 10.3 Å². The van der Waals surface area contributed by atoms with E-state index in [0.717, 1.165) is 30.6 Å². The highest BCUT2D eigenvalue weighted by atomic mass is 16.5. The lowest BCUT2D eigenvalue weighted by molar-refractivity contribution is 0.0851. The van der Waals surface area contributed by atoms with Crippen LogP contribution in [0.5, 0.6) is 0 Å². The van der Waals surface area contributed by atoms with Crippen molar-refractivity contribution in [1.82, 2.24) is 14.9 Å². The van der Waals surface area contributed by atoms with Gasteiger partial charge in [0, 0.05) is 44.4 Å². The van der Waals surface area contributed by atoms with E-state index in [4.69, 9.17) is 4.74 Å². The summed E-state index contributed by atoms with van der Waals surface area (Å²) in [5.41, 5.74) is 2.72. The van der Waals surface area contributed by atoms with Crippen molar-refractivity contribution in [1.29, 1.82) is 0 Å². The molecule has 1 amide bonds. The maximum atomic E-state index is 12.3. The van der Waals surface area contributed by atoms with Crippen LogP contribution in [0, 0.1) is 0 Å². The van der Waals surface area contributed by atoms with Crippen molar-refractivity contribution in [3.05, 3.63) is 42.5 Å². The van der Waals surface area contributed by atoms with E-state index in [1.54, 1.807) is 12.4 Å². The lowest BCUT2D eigenvalue weighted by Crippen LogP contribution is -2.32. The molecule has 0 radical (unpaired) electrons. The van der Waals surface area contributed by atoms with Crippen LogP contribution in [0.4, 0.5) is 0 Å². The highest BCUT2D eigenvalue weighted by Gasteiger charge is 2.18. The Morgan fingerprint density at radius 3 is 2.95 bits per heavy atom. The van der Waals surface area contributed by atoms with E-state index >= 15 is 0 Å². The smallest absolute Gasteiger partial charge is 0.268 e. The molecule has 1 N–H and O–H groups in total. The Morgan fingerprint density at radius 1 is 1.43 bits per heavy atom. The van der Waals surface area contributed by atoms with E-state index < -0.39 is 0 Å². The van der Waals surface area contributed by atoms with E-state index in [1.165, 1.54) is 0 Å². The summed E-state index contributed by atoms with van der Waals surface area (Å²) in [6.45, 7) is 1.38. The Balaban J connectivity index is 1.70. The quantitative estimate of drug-likeness (QED) is 0.934. The fourth-order valence-electron chi connectivity index (χ4n) is 2.59. The van der Waals surface area contributed by atoms with Crippen LogP contribution in [0.15, 0.2) is 36.8 Å². The molecule has 2 aromatic heterocycles. The van der Waals surface area contributed by atoms with Gasteiger partial charge in [-0.2, -0.15) is 0 Å². The number of nitrogens with one attached hydrogen (secondary N) is 1. The fraction of sp³-hybridized carbons (Fsp3) is 0.375. The van der Waals surface area contributed by atoms with Gasteiger partial charge >= 0.3 is 0 Å². The number of ether oxygens (including phenoxy) is 1. The first-order chi connectivity index (χ1) is 10.2. The van der Waals surface area contributed by atoms with Gasteiger partial charge < -0.3 is 14.6 Å². The van der Waals surface area contributed by atoms with Crippen LogP contribution in [0.3, 0.4) is 0 Å². The first kappa shape index (κ1) is 13.8. The zero-order valence-corrected chi connectivity index (χ0v) is 12.1. The Hall–Kier alpha value is -2.14. The number of carbonyl (C=O) groups is 1. The van der Waals surface area contributed by atoms with Gasteiger partial charge in [0.2, 0.25) is 0 Å². The molecule has 2 aromatic rings. The van der Waals surface area contributed by atoms with Crippen molar-refractivity contribution in [2.24, 2.45) is 7.05 Å². The predicted octanol–water partition coefficient (Wildman–Crippen LogP) is 2.00. The monoisotopic (exact) mass is 285 g/mol. The summed E-state index contributed by atoms with van der Waals surface area (Å²) in [7, 11) is 1.88. The first-order valence-electron chi connectivity index (χ1n) is 7.20. The third kappa shape index (κ3) is 3.13. The molecule has 3 heterocycles. The topological polar surface area (TPSA) is 56.2 Å². The summed E-state index contributed by atoms with van der Waals surface area (Å²) in [5.74, 6) is -0.0618. The molecule has 0 bridgehead atoms. The number of amides is 1.